The second-order valence-corrected chi connectivity index (χ2v) is 3.29. The van der Waals surface area contributed by atoms with Crippen molar-refractivity contribution in [1.29, 1.82) is 0 Å². The van der Waals surface area contributed by atoms with Crippen LogP contribution in [0, 0.1) is 0 Å². The van der Waals surface area contributed by atoms with E-state index in [1.807, 2.05) is 0 Å². The average molecular weight is 238 g/mol. The average Bonchev–Trinajstić information content (AvgIpc) is 2.67. The van der Waals surface area contributed by atoms with Gasteiger partial charge in [-0.1, -0.05) is 0 Å². The molecule has 6 nitrogen and oxygen atoms in total. The molecule has 0 amide bonds. The van der Waals surface area contributed by atoms with Crippen molar-refractivity contribution in [3.63, 3.8) is 0 Å². The van der Waals surface area contributed by atoms with Gasteiger partial charge in [0.15, 0.2) is 11.5 Å². The summed E-state index contributed by atoms with van der Waals surface area (Å²) in [6, 6.07) is 4.54. The Kier molecular flexibility index (Phi) is 2.86. The van der Waals surface area contributed by atoms with Gasteiger partial charge in [-0.25, -0.2) is 4.79 Å². The van der Waals surface area contributed by atoms with Crippen molar-refractivity contribution >= 4 is 11.9 Å². The summed E-state index contributed by atoms with van der Waals surface area (Å²) in [5, 5.41) is 0. The van der Waals surface area contributed by atoms with E-state index in [0.29, 0.717) is 17.1 Å². The molecule has 0 spiro atoms. The summed E-state index contributed by atoms with van der Waals surface area (Å²) in [4.78, 5) is 22.0. The van der Waals surface area contributed by atoms with Crippen LogP contribution in [-0.4, -0.2) is 25.5 Å². The van der Waals surface area contributed by atoms with E-state index < -0.39 is 18.4 Å². The highest BCUT2D eigenvalue weighted by molar-refractivity contribution is 5.90. The number of rotatable bonds is 2. The van der Waals surface area contributed by atoms with Crippen LogP contribution in [0.4, 0.5) is 0 Å². The third kappa shape index (κ3) is 2.30. The van der Waals surface area contributed by atoms with E-state index >= 15 is 0 Å². The van der Waals surface area contributed by atoms with Crippen molar-refractivity contribution in [3.8, 4) is 11.5 Å². The zero-order valence-corrected chi connectivity index (χ0v) is 9.26. The number of carbonyl (C=O) groups excluding carboxylic acids is 2. The predicted molar refractivity (Wildman–Crippen MR) is 54.6 cm³/mol. The van der Waals surface area contributed by atoms with E-state index in [9.17, 15) is 9.59 Å². The standard InChI is InChI=1S/C11H10O6/c1-6(12)15-11-16-8-4-3-7(10(13)14-2)5-9(8)17-11/h3-5,11H,1-2H3. The number of hydrogen-bond acceptors (Lipinski definition) is 6. The van der Waals surface area contributed by atoms with Gasteiger partial charge in [-0.2, -0.15) is 0 Å². The highest BCUT2D eigenvalue weighted by atomic mass is 16.9. The van der Waals surface area contributed by atoms with E-state index in [1.165, 1.54) is 26.2 Å². The van der Waals surface area contributed by atoms with Crippen LogP contribution in [0.15, 0.2) is 18.2 Å². The van der Waals surface area contributed by atoms with Gasteiger partial charge in [0, 0.05) is 6.92 Å². The van der Waals surface area contributed by atoms with Crippen LogP contribution in [0.1, 0.15) is 17.3 Å². The minimum absolute atomic E-state index is 0.332. The summed E-state index contributed by atoms with van der Waals surface area (Å²) in [5.74, 6) is -0.258. The molecule has 1 aliphatic rings. The molecule has 0 saturated heterocycles. The van der Waals surface area contributed by atoms with Gasteiger partial charge in [-0.15, -0.1) is 0 Å². The van der Waals surface area contributed by atoms with Gasteiger partial charge in [-0.05, 0) is 18.2 Å². The fourth-order valence-electron chi connectivity index (χ4n) is 1.36. The molecule has 0 saturated carbocycles. The van der Waals surface area contributed by atoms with Crippen LogP contribution in [0.5, 0.6) is 11.5 Å². The second-order valence-electron chi connectivity index (χ2n) is 3.29. The Bertz CT molecular complexity index is 467. The van der Waals surface area contributed by atoms with Gasteiger partial charge in [-0.3, -0.25) is 4.79 Å². The van der Waals surface area contributed by atoms with Crippen molar-refractivity contribution in [2.75, 3.05) is 7.11 Å². The Morgan fingerprint density at radius 3 is 2.59 bits per heavy atom. The largest absolute Gasteiger partial charge is 0.465 e. The Balaban J connectivity index is 2.16. The summed E-state index contributed by atoms with van der Waals surface area (Å²) >= 11 is 0. The molecule has 0 fully saturated rings. The monoisotopic (exact) mass is 238 g/mol. The van der Waals surface area contributed by atoms with Gasteiger partial charge in [0.25, 0.3) is 0 Å². The number of fused-ring (bicyclic) bond motifs is 1. The van der Waals surface area contributed by atoms with E-state index in [-0.39, 0.29) is 0 Å². The first-order chi connectivity index (χ1) is 8.10. The number of ether oxygens (including phenoxy) is 4. The molecular formula is C11H10O6. The zero-order chi connectivity index (χ0) is 12.4. The van der Waals surface area contributed by atoms with Crippen LogP contribution in [0.2, 0.25) is 0 Å². The first kappa shape index (κ1) is 11.3. The number of carbonyl (C=O) groups is 2. The minimum Gasteiger partial charge on any atom is -0.465 e. The van der Waals surface area contributed by atoms with Crippen molar-refractivity contribution in [2.45, 2.75) is 13.4 Å². The lowest BCUT2D eigenvalue weighted by Crippen LogP contribution is -2.24. The quantitative estimate of drug-likeness (QED) is 0.718. The SMILES string of the molecule is COC(=O)c1ccc2c(c1)OC(OC(C)=O)O2. The van der Waals surface area contributed by atoms with Gasteiger partial charge in [0.05, 0.1) is 12.7 Å². The maximum Gasteiger partial charge on any atom is 0.408 e. The minimum atomic E-state index is -1.10. The zero-order valence-electron chi connectivity index (χ0n) is 9.26. The van der Waals surface area contributed by atoms with E-state index in [0.717, 1.165) is 0 Å². The predicted octanol–water partition coefficient (Wildman–Crippen LogP) is 1.09. The Hall–Kier alpha value is -2.24. The van der Waals surface area contributed by atoms with Crippen LogP contribution in [-0.2, 0) is 14.3 Å². The molecule has 0 radical (unpaired) electrons. The first-order valence-corrected chi connectivity index (χ1v) is 4.83. The van der Waals surface area contributed by atoms with Crippen LogP contribution in [0.25, 0.3) is 0 Å². The number of hydrogen-bond donors (Lipinski definition) is 0. The summed E-state index contributed by atoms with van der Waals surface area (Å²) in [6.07, 6.45) is 0. The molecule has 0 aromatic heterocycles. The van der Waals surface area contributed by atoms with Crippen molar-refractivity contribution < 1.29 is 28.5 Å². The Morgan fingerprint density at radius 1 is 1.24 bits per heavy atom. The Morgan fingerprint density at radius 2 is 1.94 bits per heavy atom. The smallest absolute Gasteiger partial charge is 0.408 e. The van der Waals surface area contributed by atoms with Gasteiger partial charge in [0.2, 0.25) is 0 Å². The van der Waals surface area contributed by atoms with Crippen LogP contribution < -0.4 is 9.47 Å². The van der Waals surface area contributed by atoms with Gasteiger partial charge in [0.1, 0.15) is 0 Å². The molecule has 1 aromatic carbocycles. The van der Waals surface area contributed by atoms with Crippen LogP contribution in [0.3, 0.4) is 0 Å². The molecule has 1 unspecified atom stereocenters. The summed E-state index contributed by atoms with van der Waals surface area (Å²) in [6.45, 7) is 0.144. The third-order valence-electron chi connectivity index (χ3n) is 2.07. The maximum atomic E-state index is 11.3. The molecule has 1 atom stereocenters. The summed E-state index contributed by atoms with van der Waals surface area (Å²) in [7, 11) is 1.29. The molecule has 0 N–H and O–H groups in total. The molecule has 1 aromatic rings. The molecule has 6 heteroatoms. The molecule has 17 heavy (non-hydrogen) atoms. The second kappa shape index (κ2) is 4.32. The first-order valence-electron chi connectivity index (χ1n) is 4.83. The molecule has 0 bridgehead atoms. The van der Waals surface area contributed by atoms with Crippen molar-refractivity contribution in [3.05, 3.63) is 23.8 Å². The van der Waals surface area contributed by atoms with E-state index in [1.54, 1.807) is 6.07 Å². The molecule has 90 valence electrons. The number of esters is 2. The van der Waals surface area contributed by atoms with Gasteiger partial charge >= 0.3 is 18.4 Å². The fourth-order valence-corrected chi connectivity index (χ4v) is 1.36. The highest BCUT2D eigenvalue weighted by Crippen LogP contribution is 2.35. The lowest BCUT2D eigenvalue weighted by atomic mass is 10.2. The summed E-state index contributed by atoms with van der Waals surface area (Å²) in [5.41, 5.74) is 0.332. The molecule has 1 heterocycles. The topological polar surface area (TPSA) is 71.1 Å². The highest BCUT2D eigenvalue weighted by Gasteiger charge is 2.27. The van der Waals surface area contributed by atoms with E-state index in [2.05, 4.69) is 4.74 Å². The molecular weight excluding hydrogens is 228 g/mol. The third-order valence-corrected chi connectivity index (χ3v) is 2.07. The normalized spacial score (nSPS) is 16.5. The summed E-state index contributed by atoms with van der Waals surface area (Å²) < 4.78 is 19.6. The maximum absolute atomic E-state index is 11.3. The lowest BCUT2D eigenvalue weighted by molar-refractivity contribution is -0.192. The molecule has 1 aliphatic heterocycles. The number of methoxy groups -OCH3 is 1. The molecule has 2 rings (SSSR count). The van der Waals surface area contributed by atoms with Crippen molar-refractivity contribution in [1.82, 2.24) is 0 Å². The fraction of sp³-hybridized carbons (Fsp3) is 0.273. The van der Waals surface area contributed by atoms with Gasteiger partial charge < -0.3 is 18.9 Å². The molecule has 0 aliphatic carbocycles. The number of benzene rings is 1. The van der Waals surface area contributed by atoms with E-state index in [4.69, 9.17) is 14.2 Å². The van der Waals surface area contributed by atoms with Crippen LogP contribution >= 0.6 is 0 Å². The lowest BCUT2D eigenvalue weighted by Gasteiger charge is -2.08. The van der Waals surface area contributed by atoms with Crippen molar-refractivity contribution in [2.24, 2.45) is 0 Å². The Labute approximate surface area is 97.0 Å².